The van der Waals surface area contributed by atoms with Gasteiger partial charge >= 0.3 is 0 Å². The standard InChI is InChI=1S/C16H32N4O/c1-13-11-20(12-14(2)21-13)10-6-9-18-16(17-3)19-15-7-4-5-8-15/h13-15H,4-12H2,1-3H3,(H2,17,18,19). The van der Waals surface area contributed by atoms with Gasteiger partial charge in [-0.1, -0.05) is 12.8 Å². The Labute approximate surface area is 129 Å². The minimum absolute atomic E-state index is 0.360. The molecule has 1 saturated carbocycles. The van der Waals surface area contributed by atoms with Gasteiger partial charge in [-0.2, -0.15) is 0 Å². The van der Waals surface area contributed by atoms with Crippen molar-refractivity contribution in [2.45, 2.75) is 64.2 Å². The summed E-state index contributed by atoms with van der Waals surface area (Å²) in [6.07, 6.45) is 7.13. The first-order valence-corrected chi connectivity index (χ1v) is 8.52. The van der Waals surface area contributed by atoms with E-state index in [2.05, 4.69) is 34.4 Å². The van der Waals surface area contributed by atoms with Crippen LogP contribution in [-0.4, -0.2) is 62.3 Å². The first kappa shape index (κ1) is 16.6. The highest BCUT2D eigenvalue weighted by Crippen LogP contribution is 2.17. The summed E-state index contributed by atoms with van der Waals surface area (Å²) in [6.45, 7) is 8.54. The van der Waals surface area contributed by atoms with Gasteiger partial charge in [0.05, 0.1) is 12.2 Å². The van der Waals surface area contributed by atoms with Crippen molar-refractivity contribution in [2.75, 3.05) is 33.2 Å². The molecule has 0 spiro atoms. The number of rotatable bonds is 5. The lowest BCUT2D eigenvalue weighted by Gasteiger charge is -2.35. The van der Waals surface area contributed by atoms with Crippen molar-refractivity contribution < 1.29 is 4.74 Å². The molecule has 2 unspecified atom stereocenters. The molecule has 0 aromatic rings. The Morgan fingerprint density at radius 1 is 1.19 bits per heavy atom. The molecule has 5 nitrogen and oxygen atoms in total. The lowest BCUT2D eigenvalue weighted by molar-refractivity contribution is -0.0679. The molecule has 2 fully saturated rings. The molecule has 2 N–H and O–H groups in total. The Hall–Kier alpha value is -0.810. The molecular formula is C16H32N4O. The molecule has 122 valence electrons. The average Bonchev–Trinajstić information content (AvgIpc) is 2.94. The third kappa shape index (κ3) is 5.83. The zero-order chi connectivity index (χ0) is 15.1. The van der Waals surface area contributed by atoms with E-state index in [0.717, 1.165) is 38.6 Å². The third-order valence-corrected chi connectivity index (χ3v) is 4.36. The van der Waals surface area contributed by atoms with Gasteiger partial charge in [0.15, 0.2) is 5.96 Å². The largest absolute Gasteiger partial charge is 0.373 e. The maximum absolute atomic E-state index is 5.77. The maximum atomic E-state index is 5.77. The number of nitrogens with zero attached hydrogens (tertiary/aromatic N) is 2. The first-order chi connectivity index (χ1) is 10.2. The zero-order valence-corrected chi connectivity index (χ0v) is 13.9. The van der Waals surface area contributed by atoms with Crippen molar-refractivity contribution in [3.8, 4) is 0 Å². The summed E-state index contributed by atoms with van der Waals surface area (Å²) in [6, 6.07) is 0.622. The van der Waals surface area contributed by atoms with Gasteiger partial charge in [0, 0.05) is 39.3 Å². The highest BCUT2D eigenvalue weighted by atomic mass is 16.5. The maximum Gasteiger partial charge on any atom is 0.191 e. The van der Waals surface area contributed by atoms with Crippen LogP contribution in [-0.2, 0) is 4.74 Å². The molecule has 1 aliphatic heterocycles. The number of ether oxygens (including phenoxy) is 1. The van der Waals surface area contributed by atoms with Gasteiger partial charge in [-0.15, -0.1) is 0 Å². The summed E-state index contributed by atoms with van der Waals surface area (Å²) in [5.41, 5.74) is 0. The predicted octanol–water partition coefficient (Wildman–Crippen LogP) is 1.59. The Balaban J connectivity index is 1.59. The van der Waals surface area contributed by atoms with Crippen LogP contribution in [0.1, 0.15) is 46.0 Å². The van der Waals surface area contributed by atoms with Crippen molar-refractivity contribution in [3.05, 3.63) is 0 Å². The highest BCUT2D eigenvalue weighted by Gasteiger charge is 2.21. The van der Waals surface area contributed by atoms with Gasteiger partial charge in [0.1, 0.15) is 0 Å². The number of guanidine groups is 1. The van der Waals surface area contributed by atoms with Crippen LogP contribution in [0.3, 0.4) is 0 Å². The van der Waals surface area contributed by atoms with E-state index in [4.69, 9.17) is 4.74 Å². The summed E-state index contributed by atoms with van der Waals surface area (Å²) in [5, 5.41) is 6.96. The number of nitrogens with one attached hydrogen (secondary N) is 2. The lowest BCUT2D eigenvalue weighted by atomic mass is 10.2. The molecule has 1 heterocycles. The van der Waals surface area contributed by atoms with Crippen molar-refractivity contribution in [2.24, 2.45) is 4.99 Å². The molecule has 0 amide bonds. The van der Waals surface area contributed by atoms with Crippen LogP contribution in [0, 0.1) is 0 Å². The number of hydrogen-bond donors (Lipinski definition) is 2. The molecule has 0 bridgehead atoms. The van der Waals surface area contributed by atoms with Gasteiger partial charge in [0.2, 0.25) is 0 Å². The van der Waals surface area contributed by atoms with E-state index in [1.54, 1.807) is 0 Å². The van der Waals surface area contributed by atoms with Crippen LogP contribution >= 0.6 is 0 Å². The van der Waals surface area contributed by atoms with Crippen molar-refractivity contribution in [3.63, 3.8) is 0 Å². The van der Waals surface area contributed by atoms with E-state index in [1.165, 1.54) is 25.7 Å². The van der Waals surface area contributed by atoms with Gasteiger partial charge in [-0.05, 0) is 33.1 Å². The number of morpholine rings is 1. The molecular weight excluding hydrogens is 264 g/mol. The molecule has 1 aliphatic carbocycles. The second-order valence-electron chi connectivity index (χ2n) is 6.50. The fraction of sp³-hybridized carbons (Fsp3) is 0.938. The van der Waals surface area contributed by atoms with E-state index in [0.29, 0.717) is 18.2 Å². The zero-order valence-electron chi connectivity index (χ0n) is 13.9. The summed E-state index contributed by atoms with van der Waals surface area (Å²) >= 11 is 0. The van der Waals surface area contributed by atoms with E-state index in [-0.39, 0.29) is 0 Å². The summed E-state index contributed by atoms with van der Waals surface area (Å²) in [5.74, 6) is 0.964. The Kier molecular flexibility index (Phi) is 6.77. The van der Waals surface area contributed by atoms with Crippen molar-refractivity contribution >= 4 is 5.96 Å². The molecule has 0 aromatic carbocycles. The van der Waals surface area contributed by atoms with E-state index in [1.807, 2.05) is 7.05 Å². The van der Waals surface area contributed by atoms with Crippen LogP contribution in [0.4, 0.5) is 0 Å². The summed E-state index contributed by atoms with van der Waals surface area (Å²) in [7, 11) is 1.86. The molecule has 0 radical (unpaired) electrons. The second kappa shape index (κ2) is 8.59. The Morgan fingerprint density at radius 3 is 2.48 bits per heavy atom. The van der Waals surface area contributed by atoms with Gasteiger partial charge in [0.25, 0.3) is 0 Å². The fourth-order valence-corrected chi connectivity index (χ4v) is 3.43. The molecule has 2 atom stereocenters. The highest BCUT2D eigenvalue weighted by molar-refractivity contribution is 5.79. The quantitative estimate of drug-likeness (QED) is 0.459. The van der Waals surface area contributed by atoms with Crippen LogP contribution in [0.5, 0.6) is 0 Å². The van der Waals surface area contributed by atoms with E-state index < -0.39 is 0 Å². The van der Waals surface area contributed by atoms with E-state index in [9.17, 15) is 0 Å². The normalized spacial score (nSPS) is 28.8. The second-order valence-corrected chi connectivity index (χ2v) is 6.50. The third-order valence-electron chi connectivity index (χ3n) is 4.36. The van der Waals surface area contributed by atoms with Crippen molar-refractivity contribution in [1.82, 2.24) is 15.5 Å². The van der Waals surface area contributed by atoms with Gasteiger partial charge in [-0.3, -0.25) is 9.89 Å². The summed E-state index contributed by atoms with van der Waals surface area (Å²) in [4.78, 5) is 6.83. The predicted molar refractivity (Wildman–Crippen MR) is 87.8 cm³/mol. The van der Waals surface area contributed by atoms with Crippen molar-refractivity contribution in [1.29, 1.82) is 0 Å². The topological polar surface area (TPSA) is 48.9 Å². The molecule has 21 heavy (non-hydrogen) atoms. The monoisotopic (exact) mass is 296 g/mol. The van der Waals surface area contributed by atoms with Crippen LogP contribution in [0.2, 0.25) is 0 Å². The average molecular weight is 296 g/mol. The fourth-order valence-electron chi connectivity index (χ4n) is 3.43. The molecule has 2 aliphatic rings. The smallest absolute Gasteiger partial charge is 0.191 e. The van der Waals surface area contributed by atoms with Crippen LogP contribution in [0.25, 0.3) is 0 Å². The summed E-state index contributed by atoms with van der Waals surface area (Å²) < 4.78 is 5.77. The first-order valence-electron chi connectivity index (χ1n) is 8.52. The van der Waals surface area contributed by atoms with E-state index >= 15 is 0 Å². The Bertz CT molecular complexity index is 318. The van der Waals surface area contributed by atoms with Gasteiger partial charge < -0.3 is 15.4 Å². The minimum Gasteiger partial charge on any atom is -0.373 e. The SMILES string of the molecule is CN=C(NCCCN1CC(C)OC(C)C1)NC1CCCC1. The number of hydrogen-bond acceptors (Lipinski definition) is 3. The Morgan fingerprint density at radius 2 is 1.86 bits per heavy atom. The molecule has 5 heteroatoms. The van der Waals surface area contributed by atoms with Gasteiger partial charge in [-0.25, -0.2) is 0 Å². The molecule has 0 aromatic heterocycles. The molecule has 1 saturated heterocycles. The minimum atomic E-state index is 0.360. The van der Waals surface area contributed by atoms with Crippen LogP contribution < -0.4 is 10.6 Å². The lowest BCUT2D eigenvalue weighted by Crippen LogP contribution is -2.47. The molecule has 2 rings (SSSR count). The van der Waals surface area contributed by atoms with Crippen LogP contribution in [0.15, 0.2) is 4.99 Å². The number of aliphatic imine (C=N–C) groups is 1.